The maximum atomic E-state index is 11.2. The van der Waals surface area contributed by atoms with Crippen molar-refractivity contribution in [2.75, 3.05) is 12.4 Å². The molecule has 0 unspecified atom stereocenters. The number of ether oxygens (including phenoxy) is 1. The minimum absolute atomic E-state index is 0.341. The first kappa shape index (κ1) is 12.9. The summed E-state index contributed by atoms with van der Waals surface area (Å²) >= 11 is 1.47. The minimum atomic E-state index is -0.536. The quantitative estimate of drug-likeness (QED) is 0.394. The van der Waals surface area contributed by atoms with Gasteiger partial charge in [0.1, 0.15) is 6.04 Å². The van der Waals surface area contributed by atoms with Crippen molar-refractivity contribution >= 4 is 17.7 Å². The second-order valence-corrected chi connectivity index (χ2v) is 4.11. The Morgan fingerprint density at radius 1 is 1.69 bits per heavy atom. The summed E-state index contributed by atoms with van der Waals surface area (Å²) in [6.07, 6.45) is 1.41. The molecule has 90 valence electrons. The van der Waals surface area contributed by atoms with Gasteiger partial charge in [-0.3, -0.25) is 4.79 Å². The zero-order chi connectivity index (χ0) is 11.8. The van der Waals surface area contributed by atoms with Crippen LogP contribution < -0.4 is 5.73 Å². The molecule has 0 aliphatic carbocycles. The standard InChI is InChI=1S/C8H15N5O2S/c1-2-15-7(14)6(9)4-3-5-16-8-10-12-13-11-8/h6H,2-5,9H2,1H3,(H,10,11,12,13)/t6-/m0/s1. The lowest BCUT2D eigenvalue weighted by Crippen LogP contribution is -2.32. The van der Waals surface area contributed by atoms with Crippen molar-refractivity contribution in [3.8, 4) is 0 Å². The van der Waals surface area contributed by atoms with Crippen LogP contribution in [0.15, 0.2) is 5.16 Å². The van der Waals surface area contributed by atoms with E-state index in [4.69, 9.17) is 10.5 Å². The Bertz CT molecular complexity index is 305. The number of tetrazole rings is 1. The molecule has 8 heteroatoms. The molecule has 0 aliphatic rings. The van der Waals surface area contributed by atoms with Crippen molar-refractivity contribution in [3.63, 3.8) is 0 Å². The number of aromatic amines is 1. The number of nitrogens with two attached hydrogens (primary N) is 1. The number of esters is 1. The van der Waals surface area contributed by atoms with Gasteiger partial charge in [-0.1, -0.05) is 11.8 Å². The van der Waals surface area contributed by atoms with E-state index in [-0.39, 0.29) is 5.97 Å². The van der Waals surface area contributed by atoms with Crippen LogP contribution in [-0.2, 0) is 9.53 Å². The molecule has 1 atom stereocenters. The summed E-state index contributed by atoms with van der Waals surface area (Å²) in [6, 6.07) is -0.536. The fourth-order valence-electron chi connectivity index (χ4n) is 1.05. The van der Waals surface area contributed by atoms with Crippen LogP contribution in [0.25, 0.3) is 0 Å². The average molecular weight is 245 g/mol. The van der Waals surface area contributed by atoms with Crippen LogP contribution in [0.4, 0.5) is 0 Å². The largest absolute Gasteiger partial charge is 0.465 e. The first-order valence-corrected chi connectivity index (χ1v) is 6.01. The molecule has 0 spiro atoms. The number of H-pyrrole nitrogens is 1. The number of aromatic nitrogens is 4. The molecule has 0 saturated heterocycles. The fraction of sp³-hybridized carbons (Fsp3) is 0.750. The minimum Gasteiger partial charge on any atom is -0.465 e. The monoisotopic (exact) mass is 245 g/mol. The third-order valence-corrected chi connectivity index (χ3v) is 2.73. The topological polar surface area (TPSA) is 107 Å². The lowest BCUT2D eigenvalue weighted by molar-refractivity contribution is -0.144. The summed E-state index contributed by atoms with van der Waals surface area (Å²) in [5.74, 6) is 0.458. The number of nitrogens with one attached hydrogen (secondary N) is 1. The molecule has 0 fully saturated rings. The van der Waals surface area contributed by atoms with Gasteiger partial charge < -0.3 is 10.5 Å². The van der Waals surface area contributed by atoms with E-state index in [2.05, 4.69) is 20.6 Å². The highest BCUT2D eigenvalue weighted by Gasteiger charge is 2.13. The molecule has 1 heterocycles. The maximum absolute atomic E-state index is 11.2. The summed E-state index contributed by atoms with van der Waals surface area (Å²) in [5, 5.41) is 14.0. The molecule has 0 amide bonds. The van der Waals surface area contributed by atoms with Gasteiger partial charge in [-0.05, 0) is 25.0 Å². The number of thioether (sulfide) groups is 1. The molecule has 1 aromatic rings. The number of carbonyl (C=O) groups excluding carboxylic acids is 1. The fourth-order valence-corrected chi connectivity index (χ4v) is 1.75. The number of hydrogen-bond donors (Lipinski definition) is 2. The molecule has 16 heavy (non-hydrogen) atoms. The van der Waals surface area contributed by atoms with E-state index >= 15 is 0 Å². The van der Waals surface area contributed by atoms with Gasteiger partial charge in [-0.25, -0.2) is 0 Å². The molecular weight excluding hydrogens is 230 g/mol. The van der Waals surface area contributed by atoms with Crippen molar-refractivity contribution in [1.82, 2.24) is 20.6 Å². The molecule has 0 bridgehead atoms. The van der Waals surface area contributed by atoms with Crippen molar-refractivity contribution in [2.45, 2.75) is 31.0 Å². The third kappa shape index (κ3) is 4.58. The Morgan fingerprint density at radius 2 is 2.50 bits per heavy atom. The van der Waals surface area contributed by atoms with Crippen LogP contribution in [0.1, 0.15) is 19.8 Å². The van der Waals surface area contributed by atoms with Crippen LogP contribution in [0.5, 0.6) is 0 Å². The Kier molecular flexibility index (Phi) is 5.79. The van der Waals surface area contributed by atoms with Crippen LogP contribution in [-0.4, -0.2) is 45.0 Å². The van der Waals surface area contributed by atoms with Gasteiger partial charge in [-0.2, -0.15) is 5.21 Å². The number of rotatable bonds is 7. The van der Waals surface area contributed by atoms with E-state index in [1.165, 1.54) is 11.8 Å². The van der Waals surface area contributed by atoms with Crippen LogP contribution in [0, 0.1) is 0 Å². The summed E-state index contributed by atoms with van der Waals surface area (Å²) < 4.78 is 4.80. The van der Waals surface area contributed by atoms with E-state index in [1.807, 2.05) is 0 Å². The highest BCUT2D eigenvalue weighted by Crippen LogP contribution is 2.12. The number of nitrogens with zero attached hydrogens (tertiary/aromatic N) is 3. The second-order valence-electron chi connectivity index (χ2n) is 3.04. The van der Waals surface area contributed by atoms with E-state index in [0.29, 0.717) is 18.2 Å². The molecule has 0 aliphatic heterocycles. The smallest absolute Gasteiger partial charge is 0.322 e. The molecule has 1 aromatic heterocycles. The van der Waals surface area contributed by atoms with Crippen LogP contribution >= 0.6 is 11.8 Å². The first-order chi connectivity index (χ1) is 7.74. The Balaban J connectivity index is 2.08. The molecular formula is C8H15N5O2S. The van der Waals surface area contributed by atoms with Crippen molar-refractivity contribution in [1.29, 1.82) is 0 Å². The molecule has 0 radical (unpaired) electrons. The Labute approximate surface area is 97.5 Å². The second kappa shape index (κ2) is 7.18. The van der Waals surface area contributed by atoms with Gasteiger partial charge in [0, 0.05) is 5.75 Å². The summed E-state index contributed by atoms with van der Waals surface area (Å²) in [5.41, 5.74) is 5.63. The summed E-state index contributed by atoms with van der Waals surface area (Å²) in [6.45, 7) is 2.13. The molecule has 1 rings (SSSR count). The van der Waals surface area contributed by atoms with Crippen LogP contribution in [0.3, 0.4) is 0 Å². The Morgan fingerprint density at radius 3 is 3.12 bits per heavy atom. The van der Waals surface area contributed by atoms with E-state index < -0.39 is 6.04 Å². The van der Waals surface area contributed by atoms with Crippen molar-refractivity contribution in [2.24, 2.45) is 5.73 Å². The lowest BCUT2D eigenvalue weighted by Gasteiger charge is -2.09. The summed E-state index contributed by atoms with van der Waals surface area (Å²) in [4.78, 5) is 11.2. The Hall–Kier alpha value is -1.15. The van der Waals surface area contributed by atoms with Crippen molar-refractivity contribution in [3.05, 3.63) is 0 Å². The normalized spacial score (nSPS) is 12.4. The SMILES string of the molecule is CCOC(=O)[C@@H](N)CCCSc1nn[nH]n1. The molecule has 7 nitrogen and oxygen atoms in total. The predicted octanol–water partition coefficient (Wildman–Crippen LogP) is -0.0376. The average Bonchev–Trinajstić information content (AvgIpc) is 2.77. The van der Waals surface area contributed by atoms with Crippen LogP contribution in [0.2, 0.25) is 0 Å². The number of hydrogen-bond acceptors (Lipinski definition) is 7. The highest BCUT2D eigenvalue weighted by atomic mass is 32.2. The van der Waals surface area contributed by atoms with E-state index in [9.17, 15) is 4.79 Å². The first-order valence-electron chi connectivity index (χ1n) is 5.02. The van der Waals surface area contributed by atoms with Gasteiger partial charge in [0.2, 0.25) is 5.16 Å². The van der Waals surface area contributed by atoms with Gasteiger partial charge in [-0.15, -0.1) is 10.2 Å². The van der Waals surface area contributed by atoms with Gasteiger partial charge in [0.25, 0.3) is 0 Å². The van der Waals surface area contributed by atoms with Gasteiger partial charge in [0.05, 0.1) is 6.61 Å². The number of carbonyl (C=O) groups is 1. The molecule has 3 N–H and O–H groups in total. The van der Waals surface area contributed by atoms with Crippen molar-refractivity contribution < 1.29 is 9.53 Å². The third-order valence-electron chi connectivity index (χ3n) is 1.81. The summed E-state index contributed by atoms with van der Waals surface area (Å²) in [7, 11) is 0. The van der Waals surface area contributed by atoms with Gasteiger partial charge in [0.15, 0.2) is 0 Å². The van der Waals surface area contributed by atoms with Gasteiger partial charge >= 0.3 is 5.97 Å². The zero-order valence-electron chi connectivity index (χ0n) is 9.05. The lowest BCUT2D eigenvalue weighted by atomic mass is 10.2. The zero-order valence-corrected chi connectivity index (χ0v) is 9.87. The van der Waals surface area contributed by atoms with E-state index in [1.54, 1.807) is 6.92 Å². The molecule has 0 aromatic carbocycles. The van der Waals surface area contributed by atoms with E-state index in [0.717, 1.165) is 12.2 Å². The molecule has 0 saturated carbocycles. The highest BCUT2D eigenvalue weighted by molar-refractivity contribution is 7.99. The maximum Gasteiger partial charge on any atom is 0.322 e. The predicted molar refractivity (Wildman–Crippen MR) is 58.7 cm³/mol.